The van der Waals surface area contributed by atoms with Crippen LogP contribution in [-0.4, -0.2) is 18.6 Å². The van der Waals surface area contributed by atoms with E-state index < -0.39 is 0 Å². The van der Waals surface area contributed by atoms with E-state index in [0.717, 1.165) is 22.0 Å². The normalized spacial score (nSPS) is 13.1. The van der Waals surface area contributed by atoms with Crippen LogP contribution in [0.15, 0.2) is 27.1 Å². The number of hydrogen-bond acceptors (Lipinski definition) is 2. The largest absolute Gasteiger partial charge is 0.313 e. The Balaban J connectivity index is 2.39. The fourth-order valence-electron chi connectivity index (χ4n) is 1.49. The zero-order valence-corrected chi connectivity index (χ0v) is 13.7. The summed E-state index contributed by atoms with van der Waals surface area (Å²) in [6.45, 7) is 8.41. The van der Waals surface area contributed by atoms with Crippen molar-refractivity contribution in [2.45, 2.75) is 39.4 Å². The van der Waals surface area contributed by atoms with E-state index in [2.05, 4.69) is 75.4 Å². The summed E-state index contributed by atoms with van der Waals surface area (Å²) >= 11 is 7.00. The first-order chi connectivity index (χ1) is 7.97. The summed E-state index contributed by atoms with van der Waals surface area (Å²) in [6.07, 6.45) is 0. The first-order valence-electron chi connectivity index (χ1n) is 5.89. The van der Waals surface area contributed by atoms with E-state index in [1.807, 2.05) is 6.07 Å². The number of nitrogens with one attached hydrogen (secondary N) is 2. The van der Waals surface area contributed by atoms with Crippen molar-refractivity contribution in [2.75, 3.05) is 6.54 Å². The third kappa shape index (κ3) is 6.55. The lowest BCUT2D eigenvalue weighted by molar-refractivity contribution is 0.474. The minimum atomic E-state index is 0.468. The second-order valence-corrected chi connectivity index (χ2v) is 6.45. The van der Waals surface area contributed by atoms with Crippen molar-refractivity contribution in [3.05, 3.63) is 32.7 Å². The maximum Gasteiger partial charge on any atom is 0.0209 e. The van der Waals surface area contributed by atoms with Gasteiger partial charge in [0.2, 0.25) is 0 Å². The van der Waals surface area contributed by atoms with Crippen LogP contribution in [0.25, 0.3) is 0 Å². The quantitative estimate of drug-likeness (QED) is 0.805. The van der Waals surface area contributed by atoms with Crippen molar-refractivity contribution >= 4 is 31.9 Å². The Morgan fingerprint density at radius 1 is 1.00 bits per heavy atom. The molecule has 0 saturated carbocycles. The molecule has 2 nitrogen and oxygen atoms in total. The van der Waals surface area contributed by atoms with Crippen LogP contribution in [0.2, 0.25) is 0 Å². The average molecular weight is 364 g/mol. The predicted octanol–water partition coefficient (Wildman–Crippen LogP) is 3.69. The van der Waals surface area contributed by atoms with Crippen molar-refractivity contribution in [2.24, 2.45) is 0 Å². The summed E-state index contributed by atoms with van der Waals surface area (Å²) in [6, 6.07) is 7.34. The lowest BCUT2D eigenvalue weighted by Gasteiger charge is -2.16. The van der Waals surface area contributed by atoms with E-state index in [4.69, 9.17) is 0 Å². The molecular formula is C13H20Br2N2. The van der Waals surface area contributed by atoms with Gasteiger partial charge in [-0.2, -0.15) is 0 Å². The van der Waals surface area contributed by atoms with Crippen molar-refractivity contribution in [1.29, 1.82) is 0 Å². The highest BCUT2D eigenvalue weighted by atomic mass is 79.9. The summed E-state index contributed by atoms with van der Waals surface area (Å²) in [5.41, 5.74) is 1.28. The van der Waals surface area contributed by atoms with Gasteiger partial charge < -0.3 is 10.6 Å². The van der Waals surface area contributed by atoms with Gasteiger partial charge in [-0.3, -0.25) is 0 Å². The van der Waals surface area contributed by atoms with Crippen LogP contribution in [-0.2, 0) is 6.54 Å². The SMILES string of the molecule is CC(C)NCC(C)NCc1cc(Br)cc(Br)c1. The van der Waals surface area contributed by atoms with E-state index in [1.54, 1.807) is 0 Å². The minimum Gasteiger partial charge on any atom is -0.313 e. The van der Waals surface area contributed by atoms with Crippen molar-refractivity contribution in [1.82, 2.24) is 10.6 Å². The molecular weight excluding hydrogens is 344 g/mol. The molecule has 0 bridgehead atoms. The van der Waals surface area contributed by atoms with Gasteiger partial charge in [-0.1, -0.05) is 45.7 Å². The van der Waals surface area contributed by atoms with E-state index in [0.29, 0.717) is 12.1 Å². The fraction of sp³-hybridized carbons (Fsp3) is 0.538. The molecule has 1 atom stereocenters. The lowest BCUT2D eigenvalue weighted by atomic mass is 10.2. The molecule has 4 heteroatoms. The highest BCUT2D eigenvalue weighted by molar-refractivity contribution is 9.11. The molecule has 0 aliphatic carbocycles. The lowest BCUT2D eigenvalue weighted by Crippen LogP contribution is -2.38. The van der Waals surface area contributed by atoms with E-state index in [9.17, 15) is 0 Å². The Morgan fingerprint density at radius 3 is 2.12 bits per heavy atom. The summed E-state index contributed by atoms with van der Waals surface area (Å²) < 4.78 is 2.22. The van der Waals surface area contributed by atoms with E-state index in [-0.39, 0.29) is 0 Å². The molecule has 2 N–H and O–H groups in total. The molecule has 1 aromatic rings. The molecule has 1 rings (SSSR count). The van der Waals surface area contributed by atoms with Crippen LogP contribution >= 0.6 is 31.9 Å². The number of halogens is 2. The van der Waals surface area contributed by atoms with Gasteiger partial charge in [-0.05, 0) is 30.7 Å². The van der Waals surface area contributed by atoms with Crippen LogP contribution in [0.3, 0.4) is 0 Å². The van der Waals surface area contributed by atoms with Crippen LogP contribution in [0, 0.1) is 0 Å². The Labute approximate surface area is 121 Å². The highest BCUT2D eigenvalue weighted by Gasteiger charge is 2.03. The summed E-state index contributed by atoms with van der Waals surface area (Å²) in [4.78, 5) is 0. The Bertz CT molecular complexity index is 333. The predicted molar refractivity (Wildman–Crippen MR) is 81.3 cm³/mol. The van der Waals surface area contributed by atoms with Gasteiger partial charge in [0, 0.05) is 34.1 Å². The monoisotopic (exact) mass is 362 g/mol. The molecule has 0 fully saturated rings. The van der Waals surface area contributed by atoms with E-state index in [1.165, 1.54) is 5.56 Å². The molecule has 96 valence electrons. The van der Waals surface area contributed by atoms with Gasteiger partial charge in [0.05, 0.1) is 0 Å². The number of hydrogen-bond donors (Lipinski definition) is 2. The van der Waals surface area contributed by atoms with Crippen LogP contribution in [0.4, 0.5) is 0 Å². The first kappa shape index (κ1) is 15.2. The van der Waals surface area contributed by atoms with Crippen molar-refractivity contribution in [3.63, 3.8) is 0 Å². The molecule has 0 saturated heterocycles. The zero-order valence-electron chi connectivity index (χ0n) is 10.6. The second kappa shape index (κ2) is 7.52. The topological polar surface area (TPSA) is 24.1 Å². The third-order valence-corrected chi connectivity index (χ3v) is 3.32. The summed E-state index contributed by atoms with van der Waals surface area (Å²) in [5, 5.41) is 6.93. The van der Waals surface area contributed by atoms with Crippen molar-refractivity contribution in [3.8, 4) is 0 Å². The molecule has 1 aromatic carbocycles. The fourth-order valence-corrected chi connectivity index (χ4v) is 2.88. The maximum atomic E-state index is 3.50. The molecule has 17 heavy (non-hydrogen) atoms. The molecule has 0 spiro atoms. The number of benzene rings is 1. The highest BCUT2D eigenvalue weighted by Crippen LogP contribution is 2.19. The maximum absolute atomic E-state index is 3.50. The molecule has 0 radical (unpaired) electrons. The molecule has 0 aliphatic rings. The molecule has 1 unspecified atom stereocenters. The second-order valence-electron chi connectivity index (χ2n) is 4.62. The molecule has 0 aromatic heterocycles. The third-order valence-electron chi connectivity index (χ3n) is 2.41. The Morgan fingerprint density at radius 2 is 1.59 bits per heavy atom. The van der Waals surface area contributed by atoms with Crippen molar-refractivity contribution < 1.29 is 0 Å². The Hall–Kier alpha value is 0.1000. The average Bonchev–Trinajstić information content (AvgIpc) is 2.22. The smallest absolute Gasteiger partial charge is 0.0209 e. The van der Waals surface area contributed by atoms with Crippen LogP contribution in [0.5, 0.6) is 0 Å². The summed E-state index contributed by atoms with van der Waals surface area (Å²) in [7, 11) is 0. The first-order valence-corrected chi connectivity index (χ1v) is 7.47. The van der Waals surface area contributed by atoms with E-state index >= 15 is 0 Å². The zero-order chi connectivity index (χ0) is 12.8. The van der Waals surface area contributed by atoms with Gasteiger partial charge >= 0.3 is 0 Å². The Kier molecular flexibility index (Phi) is 6.70. The standard InChI is InChI=1S/C13H20Br2N2/c1-9(2)16-7-10(3)17-8-11-4-12(14)6-13(15)5-11/h4-6,9-10,16-17H,7-8H2,1-3H3. The van der Waals surface area contributed by atoms with Gasteiger partial charge in [0.1, 0.15) is 0 Å². The summed E-state index contributed by atoms with van der Waals surface area (Å²) in [5.74, 6) is 0. The number of rotatable bonds is 6. The van der Waals surface area contributed by atoms with Gasteiger partial charge in [0.25, 0.3) is 0 Å². The van der Waals surface area contributed by atoms with Gasteiger partial charge in [-0.25, -0.2) is 0 Å². The molecule has 0 amide bonds. The van der Waals surface area contributed by atoms with Gasteiger partial charge in [0.15, 0.2) is 0 Å². The molecule has 0 aliphatic heterocycles. The minimum absolute atomic E-state index is 0.468. The molecule has 0 heterocycles. The van der Waals surface area contributed by atoms with Crippen LogP contribution in [0.1, 0.15) is 26.3 Å². The van der Waals surface area contributed by atoms with Gasteiger partial charge in [-0.15, -0.1) is 0 Å². The van der Waals surface area contributed by atoms with Crippen LogP contribution < -0.4 is 10.6 Å².